The van der Waals surface area contributed by atoms with Crippen LogP contribution in [0.5, 0.6) is 11.5 Å². The summed E-state index contributed by atoms with van der Waals surface area (Å²) in [5, 5.41) is 0. The lowest BCUT2D eigenvalue weighted by molar-refractivity contribution is 0.0506. The molecule has 1 aromatic carbocycles. The van der Waals surface area contributed by atoms with Crippen LogP contribution in [-0.2, 0) is 16.6 Å². The smallest absolute Gasteiger partial charge is 0.169 e. The number of hydrogen-bond donors (Lipinski definition) is 0. The maximum Gasteiger partial charge on any atom is 0.169 e. The van der Waals surface area contributed by atoms with Crippen LogP contribution in [0.2, 0.25) is 0 Å². The Balaban J connectivity index is 1.52. The molecular formula is C23H27NO3. The van der Waals surface area contributed by atoms with Gasteiger partial charge in [0.25, 0.3) is 0 Å². The Morgan fingerprint density at radius 1 is 1.19 bits per heavy atom. The monoisotopic (exact) mass is 365 g/mol. The van der Waals surface area contributed by atoms with Crippen LogP contribution in [0, 0.1) is 5.92 Å². The van der Waals surface area contributed by atoms with Gasteiger partial charge in [0, 0.05) is 24.7 Å². The number of ether oxygens (including phenoxy) is 3. The van der Waals surface area contributed by atoms with Crippen LogP contribution < -0.4 is 9.47 Å². The Morgan fingerprint density at radius 3 is 2.81 bits per heavy atom. The van der Waals surface area contributed by atoms with E-state index in [2.05, 4.69) is 29.2 Å². The van der Waals surface area contributed by atoms with Crippen molar-refractivity contribution < 1.29 is 14.2 Å². The number of methoxy groups -OCH3 is 2. The first-order valence-corrected chi connectivity index (χ1v) is 10.3. The highest BCUT2D eigenvalue weighted by Gasteiger charge is 2.62. The van der Waals surface area contributed by atoms with Gasteiger partial charge in [0.05, 0.1) is 19.6 Å². The van der Waals surface area contributed by atoms with Crippen molar-refractivity contribution in [2.24, 2.45) is 5.92 Å². The minimum absolute atomic E-state index is 0.0544. The molecule has 0 amide bonds. The second-order valence-electron chi connectivity index (χ2n) is 8.76. The van der Waals surface area contributed by atoms with Gasteiger partial charge in [-0.15, -0.1) is 0 Å². The molecule has 1 saturated carbocycles. The molecular weight excluding hydrogens is 338 g/mol. The summed E-state index contributed by atoms with van der Waals surface area (Å²) in [5.41, 5.74) is 4.28. The fraction of sp³-hybridized carbons (Fsp3) is 0.565. The van der Waals surface area contributed by atoms with Gasteiger partial charge in [0.1, 0.15) is 5.76 Å². The molecule has 2 heterocycles. The van der Waals surface area contributed by atoms with Crippen molar-refractivity contribution in [1.29, 1.82) is 0 Å². The molecule has 3 aliphatic carbocycles. The Morgan fingerprint density at radius 2 is 2.07 bits per heavy atom. The van der Waals surface area contributed by atoms with E-state index >= 15 is 0 Å². The van der Waals surface area contributed by atoms with Crippen LogP contribution in [0.15, 0.2) is 35.6 Å². The number of piperidine rings is 1. The molecule has 0 aromatic heterocycles. The van der Waals surface area contributed by atoms with Crippen LogP contribution in [0.3, 0.4) is 0 Å². The Bertz CT molecular complexity index is 869. The molecule has 0 radical (unpaired) electrons. The van der Waals surface area contributed by atoms with Gasteiger partial charge in [-0.2, -0.15) is 0 Å². The van der Waals surface area contributed by atoms with Crippen LogP contribution in [0.1, 0.15) is 36.8 Å². The summed E-state index contributed by atoms with van der Waals surface area (Å²) in [6.45, 7) is 2.40. The second kappa shape index (κ2) is 5.54. The molecule has 2 fully saturated rings. The molecule has 5 aliphatic rings. The van der Waals surface area contributed by atoms with Crippen LogP contribution in [-0.4, -0.2) is 44.4 Å². The molecule has 1 saturated heterocycles. The fourth-order valence-electron chi connectivity index (χ4n) is 6.22. The van der Waals surface area contributed by atoms with Crippen molar-refractivity contribution in [3.8, 4) is 11.5 Å². The zero-order chi connectivity index (χ0) is 18.2. The highest BCUT2D eigenvalue weighted by Crippen LogP contribution is 2.62. The lowest BCUT2D eigenvalue weighted by atomic mass is 9.57. The molecule has 3 atom stereocenters. The summed E-state index contributed by atoms with van der Waals surface area (Å²) < 4.78 is 18.0. The van der Waals surface area contributed by atoms with Gasteiger partial charge < -0.3 is 14.2 Å². The van der Waals surface area contributed by atoms with Crippen LogP contribution in [0.4, 0.5) is 0 Å². The first kappa shape index (κ1) is 16.1. The third-order valence-electron chi connectivity index (χ3n) is 7.72. The average molecular weight is 365 g/mol. The standard InChI is InChI=1S/C23H27NO3/c1-25-18-8-6-15-12-17-16-7-9-19(26-2)22-23(16,20(15)21(18)27-22)10-11-24(17)13-14-4-3-5-14/h6-9,14,17,22H,3-5,10-13H2,1-2H3/t17-,22+,23+/m0/s1. The molecule has 1 spiro atoms. The Kier molecular flexibility index (Phi) is 3.29. The molecule has 4 heteroatoms. The second-order valence-corrected chi connectivity index (χ2v) is 8.76. The van der Waals surface area contributed by atoms with E-state index in [1.165, 1.54) is 36.9 Å². The first-order valence-electron chi connectivity index (χ1n) is 10.3. The molecule has 0 N–H and O–H groups in total. The summed E-state index contributed by atoms with van der Waals surface area (Å²) in [5.74, 6) is 3.64. The number of likely N-dealkylation sites (tertiary alicyclic amines) is 1. The van der Waals surface area contributed by atoms with E-state index in [1.807, 2.05) is 0 Å². The molecule has 1 aromatic rings. The lowest BCUT2D eigenvalue weighted by Gasteiger charge is -2.54. The van der Waals surface area contributed by atoms with E-state index in [0.717, 1.165) is 42.6 Å². The van der Waals surface area contributed by atoms with E-state index < -0.39 is 0 Å². The topological polar surface area (TPSA) is 30.9 Å². The van der Waals surface area contributed by atoms with E-state index in [9.17, 15) is 0 Å². The van der Waals surface area contributed by atoms with Gasteiger partial charge in [-0.1, -0.05) is 18.6 Å². The van der Waals surface area contributed by atoms with Gasteiger partial charge in [-0.3, -0.25) is 4.90 Å². The first-order chi connectivity index (χ1) is 13.3. The third-order valence-corrected chi connectivity index (χ3v) is 7.72. The van der Waals surface area contributed by atoms with Gasteiger partial charge in [-0.05, 0) is 54.9 Å². The molecule has 2 bridgehead atoms. The van der Waals surface area contributed by atoms with Crippen molar-refractivity contribution >= 4 is 0 Å². The zero-order valence-corrected chi connectivity index (χ0v) is 16.2. The minimum atomic E-state index is -0.0711. The number of nitrogens with zero attached hydrogens (tertiary/aromatic N) is 1. The molecule has 6 rings (SSSR count). The van der Waals surface area contributed by atoms with Crippen molar-refractivity contribution in [2.45, 2.75) is 49.7 Å². The normalized spacial score (nSPS) is 33.4. The predicted molar refractivity (Wildman–Crippen MR) is 103 cm³/mol. The summed E-state index contributed by atoms with van der Waals surface area (Å²) >= 11 is 0. The quantitative estimate of drug-likeness (QED) is 0.816. The Hall–Kier alpha value is -1.94. The van der Waals surface area contributed by atoms with Gasteiger partial charge in [0.15, 0.2) is 17.6 Å². The van der Waals surface area contributed by atoms with Gasteiger partial charge in [0.2, 0.25) is 0 Å². The highest BCUT2D eigenvalue weighted by atomic mass is 16.6. The summed E-state index contributed by atoms with van der Waals surface area (Å²) in [7, 11) is 3.50. The van der Waals surface area contributed by atoms with E-state index in [4.69, 9.17) is 14.2 Å². The average Bonchev–Trinajstić information content (AvgIpc) is 3.00. The zero-order valence-electron chi connectivity index (χ0n) is 16.2. The van der Waals surface area contributed by atoms with Crippen LogP contribution >= 0.6 is 0 Å². The van der Waals surface area contributed by atoms with E-state index in [0.29, 0.717) is 6.04 Å². The summed E-state index contributed by atoms with van der Waals surface area (Å²) in [6, 6.07) is 4.85. The fourth-order valence-corrected chi connectivity index (χ4v) is 6.22. The molecule has 27 heavy (non-hydrogen) atoms. The summed E-state index contributed by atoms with van der Waals surface area (Å²) in [4.78, 5) is 2.76. The van der Waals surface area contributed by atoms with E-state index in [-0.39, 0.29) is 11.5 Å². The SMILES string of the molecule is COC1=CC=C2[C@@H]3Cc4ccc(OC)c5c4[C@]2(CCN3CC2CCC2)[C@@H]1O5. The minimum Gasteiger partial charge on any atom is -0.497 e. The van der Waals surface area contributed by atoms with Gasteiger partial charge in [-0.25, -0.2) is 0 Å². The molecule has 2 aliphatic heterocycles. The third kappa shape index (κ3) is 1.92. The Labute approximate surface area is 160 Å². The maximum absolute atomic E-state index is 6.58. The number of allylic oxidation sites excluding steroid dienone is 2. The summed E-state index contributed by atoms with van der Waals surface area (Å²) in [6.07, 6.45) is 10.8. The highest BCUT2D eigenvalue weighted by molar-refractivity contribution is 5.67. The van der Waals surface area contributed by atoms with Crippen LogP contribution in [0.25, 0.3) is 0 Å². The number of rotatable bonds is 4. The van der Waals surface area contributed by atoms with Crippen molar-refractivity contribution in [2.75, 3.05) is 27.3 Å². The van der Waals surface area contributed by atoms with Crippen molar-refractivity contribution in [3.05, 3.63) is 46.7 Å². The number of hydrogen-bond acceptors (Lipinski definition) is 4. The van der Waals surface area contributed by atoms with Crippen molar-refractivity contribution in [3.63, 3.8) is 0 Å². The molecule has 0 unspecified atom stereocenters. The van der Waals surface area contributed by atoms with Crippen molar-refractivity contribution in [1.82, 2.24) is 4.90 Å². The molecule has 4 nitrogen and oxygen atoms in total. The molecule has 142 valence electrons. The largest absolute Gasteiger partial charge is 0.497 e. The van der Waals surface area contributed by atoms with Gasteiger partial charge >= 0.3 is 0 Å². The van der Waals surface area contributed by atoms with E-state index in [1.54, 1.807) is 19.8 Å². The lowest BCUT2D eigenvalue weighted by Crippen LogP contribution is -2.60. The predicted octanol–water partition coefficient (Wildman–Crippen LogP) is 3.59. The number of benzene rings is 1. The maximum atomic E-state index is 6.58.